The summed E-state index contributed by atoms with van der Waals surface area (Å²) >= 11 is 3.20. The molecule has 3 nitrogen and oxygen atoms in total. The van der Waals surface area contributed by atoms with E-state index in [1.54, 1.807) is 22.7 Å². The number of carbonyl (C=O) groups excluding carboxylic acids is 1. The number of carbonyl (C=O) groups is 1. The average molecular weight is 369 g/mol. The molecular formula is C20H20N2OS2. The van der Waals surface area contributed by atoms with Crippen molar-refractivity contribution in [3.05, 3.63) is 63.8 Å². The number of piperidine rings is 1. The zero-order valence-corrected chi connectivity index (χ0v) is 15.6. The molecule has 5 heteroatoms. The molecule has 2 aromatic heterocycles. The summed E-state index contributed by atoms with van der Waals surface area (Å²) in [6.45, 7) is 1.67. The molecule has 1 aliphatic rings. The predicted molar refractivity (Wildman–Crippen MR) is 104 cm³/mol. The number of benzene rings is 1. The van der Waals surface area contributed by atoms with E-state index < -0.39 is 0 Å². The molecule has 1 saturated heterocycles. The minimum absolute atomic E-state index is 0.0795. The molecule has 0 aliphatic carbocycles. The van der Waals surface area contributed by atoms with Crippen LogP contribution in [0.1, 0.15) is 28.9 Å². The highest BCUT2D eigenvalue weighted by Crippen LogP contribution is 2.27. The normalized spacial score (nSPS) is 15.4. The molecule has 1 fully saturated rings. The molecule has 4 rings (SSSR count). The molecule has 0 N–H and O–H groups in total. The molecule has 25 heavy (non-hydrogen) atoms. The van der Waals surface area contributed by atoms with Crippen molar-refractivity contribution in [1.82, 2.24) is 9.88 Å². The number of likely N-dealkylation sites (tertiary alicyclic amines) is 1. The number of rotatable bonds is 4. The van der Waals surface area contributed by atoms with Crippen LogP contribution in [0.5, 0.6) is 0 Å². The van der Waals surface area contributed by atoms with Gasteiger partial charge in [-0.2, -0.15) is 11.3 Å². The molecule has 3 aromatic rings. The Balaban J connectivity index is 1.35. The number of thiophene rings is 1. The van der Waals surface area contributed by atoms with E-state index in [-0.39, 0.29) is 5.91 Å². The molecule has 0 spiro atoms. The maximum atomic E-state index is 12.7. The van der Waals surface area contributed by atoms with Gasteiger partial charge in [0.25, 0.3) is 5.91 Å². The summed E-state index contributed by atoms with van der Waals surface area (Å²) in [4.78, 5) is 19.2. The van der Waals surface area contributed by atoms with Crippen LogP contribution in [0.3, 0.4) is 0 Å². The van der Waals surface area contributed by atoms with Crippen LogP contribution in [0.4, 0.5) is 0 Å². The summed E-state index contributed by atoms with van der Waals surface area (Å²) in [6, 6.07) is 12.7. The second-order valence-corrected chi connectivity index (χ2v) is 8.11. The first-order valence-corrected chi connectivity index (χ1v) is 10.4. The maximum Gasteiger partial charge on any atom is 0.273 e. The van der Waals surface area contributed by atoms with Crippen LogP contribution in [-0.2, 0) is 6.42 Å². The molecule has 1 amide bonds. The van der Waals surface area contributed by atoms with Crippen molar-refractivity contribution in [2.45, 2.75) is 19.3 Å². The van der Waals surface area contributed by atoms with Crippen molar-refractivity contribution in [2.75, 3.05) is 13.1 Å². The summed E-state index contributed by atoms with van der Waals surface area (Å²) in [5.41, 5.74) is 3.09. The van der Waals surface area contributed by atoms with Gasteiger partial charge in [0.2, 0.25) is 0 Å². The van der Waals surface area contributed by atoms with Crippen LogP contribution in [0.2, 0.25) is 0 Å². The first kappa shape index (κ1) is 16.5. The van der Waals surface area contributed by atoms with E-state index in [1.807, 2.05) is 21.7 Å². The zero-order valence-electron chi connectivity index (χ0n) is 13.9. The molecule has 0 unspecified atom stereocenters. The molecule has 0 bridgehead atoms. The van der Waals surface area contributed by atoms with Gasteiger partial charge in [-0.3, -0.25) is 4.79 Å². The average Bonchev–Trinajstić information content (AvgIpc) is 3.34. The lowest BCUT2D eigenvalue weighted by molar-refractivity contribution is 0.0685. The van der Waals surface area contributed by atoms with Crippen LogP contribution >= 0.6 is 22.7 Å². The van der Waals surface area contributed by atoms with E-state index in [9.17, 15) is 4.79 Å². The molecule has 0 saturated carbocycles. The van der Waals surface area contributed by atoms with Gasteiger partial charge in [-0.25, -0.2) is 4.98 Å². The number of hydrogen-bond donors (Lipinski definition) is 0. The minimum atomic E-state index is 0.0795. The van der Waals surface area contributed by atoms with E-state index in [0.29, 0.717) is 11.6 Å². The summed E-state index contributed by atoms with van der Waals surface area (Å²) in [5, 5.41) is 6.94. The Morgan fingerprint density at radius 2 is 1.92 bits per heavy atom. The molecule has 0 atom stereocenters. The number of hydrogen-bond acceptors (Lipinski definition) is 4. The van der Waals surface area contributed by atoms with Crippen molar-refractivity contribution in [1.29, 1.82) is 0 Å². The van der Waals surface area contributed by atoms with Crippen LogP contribution in [0, 0.1) is 5.92 Å². The van der Waals surface area contributed by atoms with E-state index in [0.717, 1.165) is 42.9 Å². The Morgan fingerprint density at radius 1 is 1.12 bits per heavy atom. The Hall–Kier alpha value is -1.98. The lowest BCUT2D eigenvalue weighted by Crippen LogP contribution is -2.39. The Bertz CT molecular complexity index is 819. The lowest BCUT2D eigenvalue weighted by atomic mass is 9.90. The maximum absolute atomic E-state index is 12.7. The highest BCUT2D eigenvalue weighted by atomic mass is 32.1. The van der Waals surface area contributed by atoms with Gasteiger partial charge in [-0.1, -0.05) is 30.3 Å². The summed E-state index contributed by atoms with van der Waals surface area (Å²) < 4.78 is 0. The van der Waals surface area contributed by atoms with Crippen molar-refractivity contribution in [3.8, 4) is 10.6 Å². The number of nitrogens with zero attached hydrogens (tertiary/aromatic N) is 2. The van der Waals surface area contributed by atoms with Crippen molar-refractivity contribution < 1.29 is 4.79 Å². The van der Waals surface area contributed by atoms with Gasteiger partial charge in [0.15, 0.2) is 0 Å². The molecule has 128 valence electrons. The lowest BCUT2D eigenvalue weighted by Gasteiger charge is -2.31. The van der Waals surface area contributed by atoms with Crippen LogP contribution in [-0.4, -0.2) is 28.9 Å². The Morgan fingerprint density at radius 3 is 2.64 bits per heavy atom. The number of thiazole rings is 1. The van der Waals surface area contributed by atoms with E-state index in [2.05, 4.69) is 40.7 Å². The van der Waals surface area contributed by atoms with Crippen LogP contribution < -0.4 is 0 Å². The quantitative estimate of drug-likeness (QED) is 0.652. The highest BCUT2D eigenvalue weighted by molar-refractivity contribution is 7.14. The first-order valence-electron chi connectivity index (χ1n) is 8.61. The fourth-order valence-electron chi connectivity index (χ4n) is 3.34. The zero-order chi connectivity index (χ0) is 17.1. The fourth-order valence-corrected chi connectivity index (χ4v) is 4.85. The van der Waals surface area contributed by atoms with Gasteiger partial charge in [0.05, 0.1) is 0 Å². The van der Waals surface area contributed by atoms with Crippen molar-refractivity contribution in [2.24, 2.45) is 5.92 Å². The van der Waals surface area contributed by atoms with Crippen LogP contribution in [0.25, 0.3) is 10.6 Å². The third-order valence-electron chi connectivity index (χ3n) is 4.76. The van der Waals surface area contributed by atoms with Gasteiger partial charge in [0.1, 0.15) is 10.7 Å². The first-order chi connectivity index (χ1) is 12.3. The topological polar surface area (TPSA) is 33.2 Å². The second kappa shape index (κ2) is 7.50. The van der Waals surface area contributed by atoms with E-state index in [1.165, 1.54) is 5.56 Å². The Labute approximate surface area is 156 Å². The van der Waals surface area contributed by atoms with Gasteiger partial charge in [-0.05, 0) is 42.2 Å². The third kappa shape index (κ3) is 3.83. The van der Waals surface area contributed by atoms with Gasteiger partial charge in [-0.15, -0.1) is 11.3 Å². The fraction of sp³-hybridized carbons (Fsp3) is 0.300. The summed E-state index contributed by atoms with van der Waals surface area (Å²) in [5.74, 6) is 0.749. The highest BCUT2D eigenvalue weighted by Gasteiger charge is 2.25. The van der Waals surface area contributed by atoms with Gasteiger partial charge < -0.3 is 4.90 Å². The second-order valence-electron chi connectivity index (χ2n) is 6.48. The molecule has 3 heterocycles. The van der Waals surface area contributed by atoms with Crippen molar-refractivity contribution in [3.63, 3.8) is 0 Å². The monoisotopic (exact) mass is 368 g/mol. The summed E-state index contributed by atoms with van der Waals surface area (Å²) in [7, 11) is 0. The molecule has 1 aromatic carbocycles. The van der Waals surface area contributed by atoms with E-state index in [4.69, 9.17) is 0 Å². The smallest absolute Gasteiger partial charge is 0.273 e. The van der Waals surface area contributed by atoms with Gasteiger partial charge >= 0.3 is 0 Å². The largest absolute Gasteiger partial charge is 0.337 e. The Kier molecular flexibility index (Phi) is 4.95. The molecular weight excluding hydrogens is 348 g/mol. The standard InChI is InChI=1S/C20H20N2OS2/c23-20(18-14-25-19(21-18)17-8-11-24-13-17)22-9-6-16(7-10-22)12-15-4-2-1-3-5-15/h1-5,8,11,13-14,16H,6-7,9-10,12H2. The van der Waals surface area contributed by atoms with Gasteiger partial charge in [0, 0.05) is 29.4 Å². The number of amides is 1. The summed E-state index contributed by atoms with van der Waals surface area (Å²) in [6.07, 6.45) is 3.26. The SMILES string of the molecule is O=C(c1csc(-c2ccsc2)n1)N1CCC(Cc2ccccc2)CC1. The van der Waals surface area contributed by atoms with Crippen molar-refractivity contribution >= 4 is 28.6 Å². The van der Waals surface area contributed by atoms with E-state index >= 15 is 0 Å². The molecule has 0 radical (unpaired) electrons. The molecule has 1 aliphatic heterocycles. The van der Waals surface area contributed by atoms with Crippen LogP contribution in [0.15, 0.2) is 52.5 Å². The number of aromatic nitrogens is 1. The minimum Gasteiger partial charge on any atom is -0.337 e. The third-order valence-corrected chi connectivity index (χ3v) is 6.33. The predicted octanol–water partition coefficient (Wildman–Crippen LogP) is 4.97.